The average Bonchev–Trinajstić information content (AvgIpc) is 3.14. The highest BCUT2D eigenvalue weighted by molar-refractivity contribution is 5.52. The molecular weight excluding hydrogens is 357 g/mol. The molecule has 0 radical (unpaired) electrons. The number of rotatable bonds is 4. The molecule has 1 aliphatic rings. The first-order valence-electron chi connectivity index (χ1n) is 8.49. The van der Waals surface area contributed by atoms with E-state index in [1.807, 2.05) is 30.3 Å². The largest absolute Gasteiger partial charge is 0.421 e. The number of benzene rings is 1. The number of alkyl halides is 3. The molecule has 0 amide bonds. The number of aromatic amines is 1. The van der Waals surface area contributed by atoms with Crippen molar-refractivity contribution in [2.45, 2.75) is 25.7 Å². The molecular formula is C18H17F3N6. The Morgan fingerprint density at radius 1 is 1.15 bits per heavy atom. The molecule has 0 saturated heterocycles. The molecule has 6 nitrogen and oxygen atoms in total. The second-order valence-electron chi connectivity index (χ2n) is 6.27. The highest BCUT2D eigenvalue weighted by atomic mass is 19.4. The summed E-state index contributed by atoms with van der Waals surface area (Å²) in [7, 11) is 0. The van der Waals surface area contributed by atoms with Crippen LogP contribution in [-0.4, -0.2) is 26.5 Å². The van der Waals surface area contributed by atoms with Crippen LogP contribution in [0.4, 0.5) is 24.9 Å². The summed E-state index contributed by atoms with van der Waals surface area (Å²) < 4.78 is 40.4. The minimum atomic E-state index is -4.53. The Kier molecular flexibility index (Phi) is 4.43. The van der Waals surface area contributed by atoms with Gasteiger partial charge in [-0.3, -0.25) is 0 Å². The maximum Gasteiger partial charge on any atom is 0.421 e. The molecule has 140 valence electrons. The number of hydrogen-bond donors (Lipinski definition) is 2. The Balaban J connectivity index is 1.61. The third kappa shape index (κ3) is 3.71. The molecule has 0 fully saturated rings. The first-order valence-corrected chi connectivity index (χ1v) is 8.49. The molecule has 2 N–H and O–H groups in total. The number of fused-ring (bicyclic) bond motifs is 1. The monoisotopic (exact) mass is 374 g/mol. The fourth-order valence-electron chi connectivity index (χ4n) is 3.07. The van der Waals surface area contributed by atoms with Gasteiger partial charge in [0.2, 0.25) is 5.95 Å². The summed E-state index contributed by atoms with van der Waals surface area (Å²) in [6.45, 7) is 1.12. The van der Waals surface area contributed by atoms with Crippen molar-refractivity contribution < 1.29 is 13.2 Å². The second-order valence-corrected chi connectivity index (χ2v) is 6.27. The molecule has 0 aliphatic carbocycles. The molecule has 0 bridgehead atoms. The van der Waals surface area contributed by atoms with Crippen LogP contribution in [0.2, 0.25) is 0 Å². The summed E-state index contributed by atoms with van der Waals surface area (Å²) in [5.74, 6) is 0.0383. The van der Waals surface area contributed by atoms with E-state index in [1.165, 1.54) is 0 Å². The lowest BCUT2D eigenvalue weighted by molar-refractivity contribution is -0.137. The summed E-state index contributed by atoms with van der Waals surface area (Å²) in [6.07, 6.45) is -1.54. The Hall–Kier alpha value is -3.10. The maximum atomic E-state index is 13.5. The maximum absolute atomic E-state index is 13.5. The minimum Gasteiger partial charge on any atom is -0.350 e. The summed E-state index contributed by atoms with van der Waals surface area (Å²) >= 11 is 0. The summed E-state index contributed by atoms with van der Waals surface area (Å²) in [6, 6.07) is 9.52. The van der Waals surface area contributed by atoms with Gasteiger partial charge in [0.25, 0.3) is 0 Å². The lowest BCUT2D eigenvalue weighted by Crippen LogP contribution is -2.33. The summed E-state index contributed by atoms with van der Waals surface area (Å²) in [5, 5.41) is 3.00. The number of imidazole rings is 1. The molecule has 0 unspecified atom stereocenters. The van der Waals surface area contributed by atoms with Crippen LogP contribution in [0.5, 0.6) is 0 Å². The fraction of sp³-hybridized carbons (Fsp3) is 0.278. The zero-order valence-electron chi connectivity index (χ0n) is 14.3. The van der Waals surface area contributed by atoms with E-state index in [4.69, 9.17) is 0 Å². The third-order valence-corrected chi connectivity index (χ3v) is 4.45. The van der Waals surface area contributed by atoms with E-state index in [2.05, 4.69) is 25.3 Å². The van der Waals surface area contributed by atoms with Crippen LogP contribution in [0.15, 0.2) is 42.9 Å². The van der Waals surface area contributed by atoms with E-state index < -0.39 is 11.7 Å². The van der Waals surface area contributed by atoms with Gasteiger partial charge in [-0.2, -0.15) is 18.2 Å². The van der Waals surface area contributed by atoms with Crippen molar-refractivity contribution in [1.82, 2.24) is 19.9 Å². The fourth-order valence-corrected chi connectivity index (χ4v) is 3.07. The number of aromatic nitrogens is 4. The first-order chi connectivity index (χ1) is 13.0. The number of anilines is 2. The Morgan fingerprint density at radius 2 is 1.96 bits per heavy atom. The van der Waals surface area contributed by atoms with Crippen LogP contribution in [-0.2, 0) is 25.7 Å². The summed E-state index contributed by atoms with van der Waals surface area (Å²) in [5.41, 5.74) is 1.84. The van der Waals surface area contributed by atoms with Gasteiger partial charge in [-0.05, 0) is 5.56 Å². The van der Waals surface area contributed by atoms with Gasteiger partial charge in [0, 0.05) is 31.4 Å². The van der Waals surface area contributed by atoms with Crippen molar-refractivity contribution in [3.63, 3.8) is 0 Å². The van der Waals surface area contributed by atoms with E-state index in [9.17, 15) is 13.2 Å². The van der Waals surface area contributed by atoms with Crippen molar-refractivity contribution in [3.8, 4) is 0 Å². The first kappa shape index (κ1) is 17.3. The van der Waals surface area contributed by atoms with E-state index in [-0.39, 0.29) is 18.3 Å². The van der Waals surface area contributed by atoms with Crippen LogP contribution in [0, 0.1) is 0 Å². The Labute approximate surface area is 153 Å². The molecule has 3 heterocycles. The van der Waals surface area contributed by atoms with E-state index in [0.717, 1.165) is 23.1 Å². The van der Waals surface area contributed by atoms with Crippen molar-refractivity contribution >= 4 is 11.8 Å². The van der Waals surface area contributed by atoms with Crippen molar-refractivity contribution in [1.29, 1.82) is 0 Å². The minimum absolute atomic E-state index is 0.123. The molecule has 3 aromatic rings. The third-order valence-electron chi connectivity index (χ3n) is 4.45. The molecule has 0 spiro atoms. The molecule has 9 heteroatoms. The number of H-pyrrole nitrogens is 1. The van der Waals surface area contributed by atoms with E-state index >= 15 is 0 Å². The molecule has 27 heavy (non-hydrogen) atoms. The highest BCUT2D eigenvalue weighted by Gasteiger charge is 2.37. The van der Waals surface area contributed by atoms with Crippen LogP contribution < -0.4 is 10.2 Å². The number of halogens is 3. The van der Waals surface area contributed by atoms with Gasteiger partial charge >= 0.3 is 6.18 Å². The second kappa shape index (κ2) is 6.90. The standard InChI is InChI=1S/C18H17F3N6/c19-18(20,21)13-9-23-17(22-8-12-4-2-1-3-5-12)26-16(13)27-7-6-14-15(10-27)25-11-24-14/h1-5,9,11H,6-8,10H2,(H,24,25)(H,22,23,26). The zero-order valence-corrected chi connectivity index (χ0v) is 14.3. The van der Waals surface area contributed by atoms with Crippen molar-refractivity contribution in [2.24, 2.45) is 0 Å². The van der Waals surface area contributed by atoms with Crippen LogP contribution in [0.25, 0.3) is 0 Å². The lowest BCUT2D eigenvalue weighted by Gasteiger charge is -2.29. The highest BCUT2D eigenvalue weighted by Crippen LogP contribution is 2.36. The van der Waals surface area contributed by atoms with Crippen molar-refractivity contribution in [3.05, 3.63) is 65.4 Å². The molecule has 4 rings (SSSR count). The van der Waals surface area contributed by atoms with Gasteiger partial charge < -0.3 is 15.2 Å². The molecule has 2 aromatic heterocycles. The number of nitrogens with one attached hydrogen (secondary N) is 2. The Morgan fingerprint density at radius 3 is 2.74 bits per heavy atom. The molecule has 0 saturated carbocycles. The predicted octanol–water partition coefficient (Wildman–Crippen LogP) is 3.39. The van der Waals surface area contributed by atoms with E-state index in [1.54, 1.807) is 11.2 Å². The quantitative estimate of drug-likeness (QED) is 0.733. The van der Waals surface area contributed by atoms with Gasteiger partial charge in [-0.15, -0.1) is 0 Å². The lowest BCUT2D eigenvalue weighted by atomic mass is 10.1. The summed E-state index contributed by atoms with van der Waals surface area (Å²) in [4.78, 5) is 16.8. The van der Waals surface area contributed by atoms with Crippen LogP contribution in [0.3, 0.4) is 0 Å². The smallest absolute Gasteiger partial charge is 0.350 e. The topological polar surface area (TPSA) is 69.7 Å². The van der Waals surface area contributed by atoms with Crippen LogP contribution in [0.1, 0.15) is 22.5 Å². The predicted molar refractivity (Wildman–Crippen MR) is 94.1 cm³/mol. The van der Waals surface area contributed by atoms with Gasteiger partial charge in [-0.25, -0.2) is 9.97 Å². The van der Waals surface area contributed by atoms with E-state index in [0.29, 0.717) is 19.5 Å². The van der Waals surface area contributed by atoms with Crippen molar-refractivity contribution in [2.75, 3.05) is 16.8 Å². The average molecular weight is 374 g/mol. The number of nitrogens with zero attached hydrogens (tertiary/aromatic N) is 4. The molecule has 1 aromatic carbocycles. The molecule has 1 aliphatic heterocycles. The van der Waals surface area contributed by atoms with Gasteiger partial charge in [-0.1, -0.05) is 30.3 Å². The normalized spacial score (nSPS) is 14.1. The van der Waals surface area contributed by atoms with Crippen LogP contribution >= 0.6 is 0 Å². The Bertz CT molecular complexity index is 922. The molecule has 0 atom stereocenters. The number of hydrogen-bond acceptors (Lipinski definition) is 5. The van der Waals surface area contributed by atoms with Gasteiger partial charge in [0.05, 0.1) is 18.6 Å². The van der Waals surface area contributed by atoms with Gasteiger partial charge in [0.15, 0.2) is 0 Å². The SMILES string of the molecule is FC(F)(F)c1cnc(NCc2ccccc2)nc1N1CCc2[nH]cnc2C1. The van der Waals surface area contributed by atoms with Gasteiger partial charge in [0.1, 0.15) is 11.4 Å². The zero-order chi connectivity index (χ0) is 18.9.